The van der Waals surface area contributed by atoms with Crippen LogP contribution in [0.1, 0.15) is 52.6 Å². The van der Waals surface area contributed by atoms with Crippen LogP contribution in [0.4, 0.5) is 26.3 Å². The van der Waals surface area contributed by atoms with E-state index in [-0.39, 0.29) is 0 Å². The zero-order chi connectivity index (χ0) is 22.2. The first-order chi connectivity index (χ1) is 12.5. The number of aromatic carboxylic acids is 4. The van der Waals surface area contributed by atoms with Crippen molar-refractivity contribution >= 4 is 23.9 Å². The fourth-order valence-electron chi connectivity index (χ4n) is 2.55. The molecule has 0 aliphatic heterocycles. The van der Waals surface area contributed by atoms with Gasteiger partial charge in [-0.1, -0.05) is 0 Å². The highest BCUT2D eigenvalue weighted by molar-refractivity contribution is 6.12. The molecule has 0 saturated carbocycles. The van der Waals surface area contributed by atoms with Gasteiger partial charge in [0.2, 0.25) is 0 Å². The second-order valence-corrected chi connectivity index (χ2v) is 5.26. The Kier molecular flexibility index (Phi) is 5.97. The predicted molar refractivity (Wildman–Crippen MR) is 73.8 cm³/mol. The van der Waals surface area contributed by atoms with Crippen LogP contribution in [-0.2, 0) is 12.8 Å². The molecule has 0 spiro atoms. The molecule has 0 aliphatic carbocycles. The van der Waals surface area contributed by atoms with Gasteiger partial charge in [-0.15, -0.1) is 0 Å². The van der Waals surface area contributed by atoms with Crippen molar-refractivity contribution in [3.05, 3.63) is 33.4 Å². The van der Waals surface area contributed by atoms with E-state index in [2.05, 4.69) is 0 Å². The maximum atomic E-state index is 12.8. The summed E-state index contributed by atoms with van der Waals surface area (Å²) >= 11 is 0. The summed E-state index contributed by atoms with van der Waals surface area (Å²) in [5.74, 6) is -9.89. The van der Waals surface area contributed by atoms with Gasteiger partial charge in [-0.2, -0.15) is 26.3 Å². The van der Waals surface area contributed by atoms with Gasteiger partial charge >= 0.3 is 36.2 Å². The minimum Gasteiger partial charge on any atom is -0.478 e. The second kappa shape index (κ2) is 7.36. The Morgan fingerprint density at radius 2 is 0.714 bits per heavy atom. The molecule has 0 radical (unpaired) electrons. The van der Waals surface area contributed by atoms with Crippen LogP contribution in [-0.4, -0.2) is 56.7 Å². The molecular formula is C14H8F6O8. The number of carbonyl (C=O) groups is 4. The molecule has 0 bridgehead atoms. The molecule has 0 amide bonds. The lowest BCUT2D eigenvalue weighted by molar-refractivity contribution is -0.129. The molecule has 14 heteroatoms. The lowest BCUT2D eigenvalue weighted by atomic mass is 9.83. The van der Waals surface area contributed by atoms with Gasteiger partial charge in [-0.05, 0) is 11.1 Å². The first-order valence-corrected chi connectivity index (χ1v) is 6.76. The molecule has 4 N–H and O–H groups in total. The molecule has 1 rings (SSSR count). The van der Waals surface area contributed by atoms with Crippen molar-refractivity contribution in [2.45, 2.75) is 25.2 Å². The number of carboxylic acid groups (broad SMARTS) is 4. The minimum absolute atomic E-state index is 1.78. The minimum atomic E-state index is -5.34. The van der Waals surface area contributed by atoms with Crippen LogP contribution < -0.4 is 0 Å². The van der Waals surface area contributed by atoms with Crippen molar-refractivity contribution in [2.75, 3.05) is 0 Å². The van der Waals surface area contributed by atoms with Crippen molar-refractivity contribution in [2.24, 2.45) is 0 Å². The lowest BCUT2D eigenvalue weighted by Gasteiger charge is -2.21. The van der Waals surface area contributed by atoms with E-state index in [9.17, 15) is 45.5 Å². The second-order valence-electron chi connectivity index (χ2n) is 5.26. The highest BCUT2D eigenvalue weighted by Gasteiger charge is 2.42. The van der Waals surface area contributed by atoms with E-state index in [4.69, 9.17) is 20.4 Å². The zero-order valence-corrected chi connectivity index (χ0v) is 13.1. The van der Waals surface area contributed by atoms with Gasteiger partial charge < -0.3 is 20.4 Å². The molecule has 8 nitrogen and oxygen atoms in total. The van der Waals surface area contributed by atoms with Gasteiger partial charge in [-0.25, -0.2) is 19.2 Å². The van der Waals surface area contributed by atoms with Gasteiger partial charge in [0.15, 0.2) is 0 Å². The highest BCUT2D eigenvalue weighted by atomic mass is 19.4. The SMILES string of the molecule is O=C(O)c1c(CC(F)(F)F)c(C(=O)O)c(C(=O)O)c(CC(F)(F)F)c1C(=O)O. The van der Waals surface area contributed by atoms with Crippen LogP contribution >= 0.6 is 0 Å². The first kappa shape index (κ1) is 22.7. The molecule has 1 aromatic rings. The van der Waals surface area contributed by atoms with Gasteiger partial charge in [0, 0.05) is 0 Å². The van der Waals surface area contributed by atoms with E-state index in [1.54, 1.807) is 0 Å². The van der Waals surface area contributed by atoms with Crippen LogP contribution in [0.3, 0.4) is 0 Å². The molecular weight excluding hydrogens is 410 g/mol. The average Bonchev–Trinajstić information content (AvgIpc) is 2.42. The molecule has 0 aromatic heterocycles. The summed E-state index contributed by atoms with van der Waals surface area (Å²) in [5, 5.41) is 36.4. The van der Waals surface area contributed by atoms with E-state index in [0.29, 0.717) is 0 Å². The van der Waals surface area contributed by atoms with Crippen molar-refractivity contribution in [3.63, 3.8) is 0 Å². The molecule has 0 saturated heterocycles. The molecule has 154 valence electrons. The Morgan fingerprint density at radius 1 is 0.536 bits per heavy atom. The number of hydrogen-bond acceptors (Lipinski definition) is 4. The fraction of sp³-hybridized carbons (Fsp3) is 0.286. The number of benzene rings is 1. The molecule has 0 unspecified atom stereocenters. The third kappa shape index (κ3) is 4.89. The Bertz CT molecular complexity index is 744. The Morgan fingerprint density at radius 3 is 0.821 bits per heavy atom. The van der Waals surface area contributed by atoms with E-state index >= 15 is 0 Å². The Hall–Kier alpha value is -3.32. The summed E-state index contributed by atoms with van der Waals surface area (Å²) in [5.41, 5.74) is -11.1. The van der Waals surface area contributed by atoms with Crippen LogP contribution in [0, 0.1) is 0 Å². The standard InChI is InChI=1S/C14H8F6O8/c15-13(16,17)1-3-5(9(21)22)7(11(25)26)4(2-14(18,19)20)8(12(27)28)6(3)10(23)24/h1-2H2,(H,21,22)(H,23,24)(H,25,26)(H,27,28). The van der Waals surface area contributed by atoms with E-state index in [1.807, 2.05) is 0 Å². The van der Waals surface area contributed by atoms with Crippen molar-refractivity contribution < 1.29 is 65.9 Å². The lowest BCUT2D eigenvalue weighted by Crippen LogP contribution is -2.29. The number of halogens is 6. The molecule has 1 aromatic carbocycles. The smallest absolute Gasteiger partial charge is 0.393 e. The first-order valence-electron chi connectivity index (χ1n) is 6.76. The Labute approximate surface area is 149 Å². The molecule has 28 heavy (non-hydrogen) atoms. The quantitative estimate of drug-likeness (QED) is 0.515. The van der Waals surface area contributed by atoms with Crippen LogP contribution in [0.15, 0.2) is 0 Å². The number of rotatable bonds is 6. The molecule has 0 heterocycles. The third-order valence-electron chi connectivity index (χ3n) is 3.32. The summed E-state index contributed by atoms with van der Waals surface area (Å²) < 4.78 is 76.8. The Balaban J connectivity index is 4.35. The fourth-order valence-corrected chi connectivity index (χ4v) is 2.55. The largest absolute Gasteiger partial charge is 0.478 e. The van der Waals surface area contributed by atoms with Crippen LogP contribution in [0.25, 0.3) is 0 Å². The van der Waals surface area contributed by atoms with Crippen molar-refractivity contribution in [1.29, 1.82) is 0 Å². The van der Waals surface area contributed by atoms with E-state index in [0.717, 1.165) is 0 Å². The third-order valence-corrected chi connectivity index (χ3v) is 3.32. The average molecular weight is 418 g/mol. The number of alkyl halides is 6. The topological polar surface area (TPSA) is 149 Å². The summed E-state index contributed by atoms with van der Waals surface area (Å²) in [6.07, 6.45) is -15.5. The number of hydrogen-bond donors (Lipinski definition) is 4. The normalized spacial score (nSPS) is 11.9. The summed E-state index contributed by atoms with van der Waals surface area (Å²) in [6.45, 7) is 0. The molecule has 0 atom stereocenters. The summed E-state index contributed by atoms with van der Waals surface area (Å²) in [4.78, 5) is 45.4. The summed E-state index contributed by atoms with van der Waals surface area (Å²) in [7, 11) is 0. The van der Waals surface area contributed by atoms with Crippen LogP contribution in [0.5, 0.6) is 0 Å². The maximum absolute atomic E-state index is 12.8. The predicted octanol–water partition coefficient (Wildman–Crippen LogP) is 2.69. The zero-order valence-electron chi connectivity index (χ0n) is 13.1. The van der Waals surface area contributed by atoms with Gasteiger partial charge in [0.05, 0.1) is 35.1 Å². The van der Waals surface area contributed by atoms with Gasteiger partial charge in [-0.3, -0.25) is 0 Å². The molecule has 0 aliphatic rings. The van der Waals surface area contributed by atoms with Crippen LogP contribution in [0.2, 0.25) is 0 Å². The van der Waals surface area contributed by atoms with Crippen molar-refractivity contribution in [3.8, 4) is 0 Å². The van der Waals surface area contributed by atoms with Crippen molar-refractivity contribution in [1.82, 2.24) is 0 Å². The highest BCUT2D eigenvalue weighted by Crippen LogP contribution is 2.36. The van der Waals surface area contributed by atoms with E-state index < -0.39 is 82.5 Å². The van der Waals surface area contributed by atoms with E-state index in [1.165, 1.54) is 0 Å². The maximum Gasteiger partial charge on any atom is 0.393 e. The monoisotopic (exact) mass is 418 g/mol. The number of carboxylic acids is 4. The van der Waals surface area contributed by atoms with Gasteiger partial charge in [0.25, 0.3) is 0 Å². The molecule has 0 fully saturated rings. The summed E-state index contributed by atoms with van der Waals surface area (Å²) in [6, 6.07) is 0. The van der Waals surface area contributed by atoms with Gasteiger partial charge in [0.1, 0.15) is 0 Å².